The Bertz CT molecular complexity index is 469. The number of carboxylic acids is 2. The van der Waals surface area contributed by atoms with Crippen molar-refractivity contribution in [2.75, 3.05) is 26.4 Å². The van der Waals surface area contributed by atoms with E-state index in [9.17, 15) is 19.2 Å². The number of rotatable bonds is 10. The first-order valence-electron chi connectivity index (χ1n) is 7.46. The molecule has 0 aliphatic carbocycles. The Labute approximate surface area is 156 Å². The number of aliphatic carboxylic acids is 2. The third-order valence-electron chi connectivity index (χ3n) is 2.09. The number of carbonyl (C=O) groups excluding carboxylic acids is 2. The van der Waals surface area contributed by atoms with Gasteiger partial charge in [0.2, 0.25) is 0 Å². The van der Waals surface area contributed by atoms with Crippen molar-refractivity contribution in [1.82, 2.24) is 0 Å². The Morgan fingerprint density at radius 3 is 1.74 bits per heavy atom. The molecule has 0 amide bonds. The second-order valence-corrected chi connectivity index (χ2v) is 4.59. The van der Waals surface area contributed by atoms with Gasteiger partial charge in [0, 0.05) is 11.6 Å². The van der Waals surface area contributed by atoms with E-state index in [1.807, 2.05) is 0 Å². The Kier molecular flexibility index (Phi) is 21.0. The number of ether oxygens (including phenoxy) is 2. The Morgan fingerprint density at radius 1 is 1.00 bits per heavy atom. The molecule has 0 fully saturated rings. The number of hydrogen-bond donors (Lipinski definition) is 5. The zero-order chi connectivity index (χ0) is 21.8. The smallest absolute Gasteiger partial charge is 0.330 e. The largest absolute Gasteiger partial charge is 0.481 e. The first kappa shape index (κ1) is 29.0. The molecule has 0 aromatic carbocycles. The van der Waals surface area contributed by atoms with Crippen LogP contribution < -0.4 is 0 Å². The maximum atomic E-state index is 10.8. The second-order valence-electron chi connectivity index (χ2n) is 4.59. The molecule has 0 atom stereocenters. The predicted octanol–water partition coefficient (Wildman–Crippen LogP) is -0.897. The molecule has 0 saturated heterocycles. The van der Waals surface area contributed by atoms with Crippen LogP contribution in [-0.2, 0) is 28.7 Å². The first-order chi connectivity index (χ1) is 12.5. The Morgan fingerprint density at radius 2 is 1.44 bits per heavy atom. The maximum absolute atomic E-state index is 10.8. The number of carboxylic acid groups (broad SMARTS) is 2. The van der Waals surface area contributed by atoms with Crippen LogP contribution in [-0.4, -0.2) is 81.9 Å². The molecule has 0 unspecified atom stereocenters. The average Bonchev–Trinajstić information content (AvgIpc) is 2.63. The molecular weight excluding hydrogens is 368 g/mol. The van der Waals surface area contributed by atoms with Crippen LogP contribution >= 0.6 is 0 Å². The molecule has 0 bridgehead atoms. The van der Waals surface area contributed by atoms with Gasteiger partial charge in [-0.25, -0.2) is 9.59 Å². The molecule has 0 aliphatic rings. The summed E-state index contributed by atoms with van der Waals surface area (Å²) in [5, 5.41) is 40.2. The third-order valence-corrected chi connectivity index (χ3v) is 2.09. The molecule has 0 saturated carbocycles. The normalized spacial score (nSPS) is 8.93. The molecule has 0 radical (unpaired) electrons. The van der Waals surface area contributed by atoms with Crippen molar-refractivity contribution in [3.05, 3.63) is 24.8 Å². The molecule has 0 heterocycles. The van der Waals surface area contributed by atoms with Crippen LogP contribution in [0.4, 0.5) is 0 Å². The molecule has 5 N–H and O–H groups in total. The van der Waals surface area contributed by atoms with Crippen molar-refractivity contribution in [2.45, 2.75) is 25.9 Å². The van der Waals surface area contributed by atoms with E-state index in [4.69, 9.17) is 25.5 Å². The van der Waals surface area contributed by atoms with Crippen LogP contribution in [0.25, 0.3) is 0 Å². The molecule has 0 spiro atoms. The minimum atomic E-state index is -1.06. The van der Waals surface area contributed by atoms with Gasteiger partial charge in [0.05, 0.1) is 26.1 Å². The van der Waals surface area contributed by atoms with Crippen LogP contribution in [0, 0.1) is 0 Å². The van der Waals surface area contributed by atoms with Gasteiger partial charge in [0.25, 0.3) is 0 Å². The number of aliphatic hydroxyl groups excluding tert-OH is 3. The van der Waals surface area contributed by atoms with Gasteiger partial charge in [-0.05, 0) is 6.92 Å². The van der Waals surface area contributed by atoms with Crippen LogP contribution in [0.5, 0.6) is 0 Å². The zero-order valence-corrected chi connectivity index (χ0v) is 15.0. The van der Waals surface area contributed by atoms with Crippen molar-refractivity contribution in [2.24, 2.45) is 0 Å². The van der Waals surface area contributed by atoms with Gasteiger partial charge < -0.3 is 35.0 Å². The SMILES string of the molecule is C=C(C)C(=O)O.C=CC(=O)OCCOC(=O)CCC(=O)O.OCC(O)CO. The lowest BCUT2D eigenvalue weighted by Crippen LogP contribution is -2.15. The Hall–Kier alpha value is -2.76. The summed E-state index contributed by atoms with van der Waals surface area (Å²) in [5.74, 6) is -3.23. The number of aliphatic hydroxyl groups is 3. The monoisotopic (exact) mass is 394 g/mol. The van der Waals surface area contributed by atoms with Gasteiger partial charge in [-0.2, -0.15) is 0 Å². The lowest BCUT2D eigenvalue weighted by molar-refractivity contribution is -0.151. The molecule has 0 aliphatic heterocycles. The zero-order valence-electron chi connectivity index (χ0n) is 15.0. The highest BCUT2D eigenvalue weighted by Gasteiger charge is 2.06. The molecule has 11 nitrogen and oxygen atoms in total. The van der Waals surface area contributed by atoms with E-state index in [-0.39, 0.29) is 44.8 Å². The summed E-state index contributed by atoms with van der Waals surface area (Å²) >= 11 is 0. The molecule has 0 aromatic heterocycles. The van der Waals surface area contributed by atoms with E-state index >= 15 is 0 Å². The van der Waals surface area contributed by atoms with Gasteiger partial charge in [-0.15, -0.1) is 0 Å². The second kappa shape index (κ2) is 19.6. The summed E-state index contributed by atoms with van der Waals surface area (Å²) in [6.45, 7) is 6.90. The lowest BCUT2D eigenvalue weighted by atomic mass is 10.3. The standard InChI is InChI=1S/C9H12O6.C4H6O2.C3H8O3/c1-2-8(12)14-5-6-15-9(13)4-3-7(10)11;1-3(2)4(5)6;4-1-3(6)2-5/h2H,1,3-6H2,(H,10,11);1H2,2H3,(H,5,6);3-6H,1-2H2. The molecule has 156 valence electrons. The molecule has 0 rings (SSSR count). The highest BCUT2D eigenvalue weighted by atomic mass is 16.6. The van der Waals surface area contributed by atoms with Crippen molar-refractivity contribution >= 4 is 23.9 Å². The number of esters is 2. The van der Waals surface area contributed by atoms with Crippen molar-refractivity contribution in [3.63, 3.8) is 0 Å². The summed E-state index contributed by atoms with van der Waals surface area (Å²) < 4.78 is 9.09. The van der Waals surface area contributed by atoms with Gasteiger partial charge in [-0.1, -0.05) is 13.2 Å². The number of carbonyl (C=O) groups is 4. The summed E-state index contributed by atoms with van der Waals surface area (Å²) in [7, 11) is 0. The minimum absolute atomic E-state index is 0.0658. The Balaban J connectivity index is -0.000000394. The highest BCUT2D eigenvalue weighted by molar-refractivity contribution is 5.84. The van der Waals surface area contributed by atoms with E-state index in [0.29, 0.717) is 0 Å². The third kappa shape index (κ3) is 28.3. The summed E-state index contributed by atoms with van der Waals surface area (Å²) in [6, 6.07) is 0. The van der Waals surface area contributed by atoms with Crippen molar-refractivity contribution < 1.29 is 54.2 Å². The summed E-state index contributed by atoms with van der Waals surface area (Å²) in [4.78, 5) is 41.0. The molecule has 27 heavy (non-hydrogen) atoms. The first-order valence-corrected chi connectivity index (χ1v) is 7.46. The highest BCUT2D eigenvalue weighted by Crippen LogP contribution is 1.93. The lowest BCUT2D eigenvalue weighted by Gasteiger charge is -2.03. The van der Waals surface area contributed by atoms with Crippen molar-refractivity contribution in [3.8, 4) is 0 Å². The average molecular weight is 394 g/mol. The van der Waals surface area contributed by atoms with Crippen LogP contribution in [0.15, 0.2) is 24.8 Å². The fourth-order valence-electron chi connectivity index (χ4n) is 0.696. The van der Waals surface area contributed by atoms with Gasteiger partial charge >= 0.3 is 23.9 Å². The van der Waals surface area contributed by atoms with E-state index in [1.165, 1.54) is 6.92 Å². The number of hydrogen-bond acceptors (Lipinski definition) is 9. The van der Waals surface area contributed by atoms with E-state index < -0.39 is 30.0 Å². The fraction of sp³-hybridized carbons (Fsp3) is 0.500. The van der Waals surface area contributed by atoms with Gasteiger partial charge in [-0.3, -0.25) is 9.59 Å². The minimum Gasteiger partial charge on any atom is -0.481 e. The summed E-state index contributed by atoms with van der Waals surface area (Å²) in [5.41, 5.74) is 0.176. The van der Waals surface area contributed by atoms with Gasteiger partial charge in [0.1, 0.15) is 19.3 Å². The summed E-state index contributed by atoms with van der Waals surface area (Å²) in [6.07, 6.45) is -0.424. The topological polar surface area (TPSA) is 188 Å². The maximum Gasteiger partial charge on any atom is 0.330 e. The predicted molar refractivity (Wildman–Crippen MR) is 91.6 cm³/mol. The fourth-order valence-corrected chi connectivity index (χ4v) is 0.696. The molecule has 0 aromatic rings. The van der Waals surface area contributed by atoms with E-state index in [1.54, 1.807) is 0 Å². The molecular formula is C16H26O11. The van der Waals surface area contributed by atoms with Crippen LogP contribution in [0.1, 0.15) is 19.8 Å². The quantitative estimate of drug-likeness (QED) is 0.175. The van der Waals surface area contributed by atoms with Gasteiger partial charge in [0.15, 0.2) is 0 Å². The van der Waals surface area contributed by atoms with E-state index in [2.05, 4.69) is 22.6 Å². The van der Waals surface area contributed by atoms with Crippen molar-refractivity contribution in [1.29, 1.82) is 0 Å². The van der Waals surface area contributed by atoms with Crippen LogP contribution in [0.3, 0.4) is 0 Å². The van der Waals surface area contributed by atoms with E-state index in [0.717, 1.165) is 6.08 Å². The van der Waals surface area contributed by atoms with Crippen LogP contribution in [0.2, 0.25) is 0 Å². The molecule has 11 heteroatoms.